The molecule has 78 valence electrons. The molecule has 0 spiro atoms. The molecule has 3 rings (SSSR count). The van der Waals surface area contributed by atoms with Gasteiger partial charge in [0.25, 0.3) is 0 Å². The summed E-state index contributed by atoms with van der Waals surface area (Å²) in [5, 5.41) is 4.10. The summed E-state index contributed by atoms with van der Waals surface area (Å²) in [4.78, 5) is 4.13. The summed E-state index contributed by atoms with van der Waals surface area (Å²) in [5.74, 6) is 0.717. The van der Waals surface area contributed by atoms with Gasteiger partial charge in [0.15, 0.2) is 0 Å². The van der Waals surface area contributed by atoms with Gasteiger partial charge in [-0.2, -0.15) is 0 Å². The highest BCUT2D eigenvalue weighted by Crippen LogP contribution is 2.33. The summed E-state index contributed by atoms with van der Waals surface area (Å²) in [6.45, 7) is 1.13. The predicted octanol–water partition coefficient (Wildman–Crippen LogP) is 2.50. The van der Waals surface area contributed by atoms with E-state index in [0.29, 0.717) is 11.2 Å². The van der Waals surface area contributed by atoms with Crippen molar-refractivity contribution in [3.8, 4) is 0 Å². The van der Waals surface area contributed by atoms with Gasteiger partial charge in [-0.1, -0.05) is 23.7 Å². The molecule has 15 heavy (non-hydrogen) atoms. The summed E-state index contributed by atoms with van der Waals surface area (Å²) < 4.78 is 0. The molecule has 1 aliphatic heterocycles. The third kappa shape index (κ3) is 1.80. The summed E-state index contributed by atoms with van der Waals surface area (Å²) in [6, 6.07) is 4.60. The van der Waals surface area contributed by atoms with Crippen molar-refractivity contribution >= 4 is 17.2 Å². The lowest BCUT2D eigenvalue weighted by Crippen LogP contribution is -2.21. The molecule has 0 amide bonds. The standard InChI is InChI=1S/C12H13ClN2/c13-12-2-1-9(7-15-12)10-3-8-4-11(5-10)14-6-8/h1-3,7-8,11,14H,4-6H2. The molecule has 1 aliphatic carbocycles. The lowest BCUT2D eigenvalue weighted by atomic mass is 9.88. The third-order valence-electron chi connectivity index (χ3n) is 3.26. The van der Waals surface area contributed by atoms with E-state index in [4.69, 9.17) is 11.6 Å². The van der Waals surface area contributed by atoms with Crippen molar-refractivity contribution in [3.63, 3.8) is 0 Å². The minimum absolute atomic E-state index is 0.566. The number of hydrogen-bond donors (Lipinski definition) is 1. The fraction of sp³-hybridized carbons (Fsp3) is 0.417. The zero-order chi connectivity index (χ0) is 10.3. The molecular weight excluding hydrogens is 208 g/mol. The second-order valence-electron chi connectivity index (χ2n) is 4.37. The first-order chi connectivity index (χ1) is 7.31. The first-order valence-electron chi connectivity index (χ1n) is 5.37. The molecule has 1 aromatic rings. The molecule has 1 aromatic heterocycles. The summed E-state index contributed by atoms with van der Waals surface area (Å²) >= 11 is 5.78. The van der Waals surface area contributed by atoms with Crippen molar-refractivity contribution in [2.75, 3.05) is 6.54 Å². The van der Waals surface area contributed by atoms with Gasteiger partial charge in [0.1, 0.15) is 5.15 Å². The van der Waals surface area contributed by atoms with Crippen LogP contribution in [0.2, 0.25) is 5.15 Å². The molecule has 2 bridgehead atoms. The van der Waals surface area contributed by atoms with Crippen LogP contribution in [0.5, 0.6) is 0 Å². The van der Waals surface area contributed by atoms with Gasteiger partial charge in [-0.3, -0.25) is 0 Å². The Morgan fingerprint density at radius 2 is 2.33 bits per heavy atom. The molecule has 1 saturated heterocycles. The van der Waals surface area contributed by atoms with Gasteiger partial charge in [0.2, 0.25) is 0 Å². The second kappa shape index (κ2) is 3.62. The Morgan fingerprint density at radius 1 is 1.40 bits per heavy atom. The summed E-state index contributed by atoms with van der Waals surface area (Å²) in [6.07, 6.45) is 6.69. The minimum Gasteiger partial charge on any atom is -0.313 e. The van der Waals surface area contributed by atoms with Crippen LogP contribution in [0.25, 0.3) is 5.57 Å². The molecule has 2 unspecified atom stereocenters. The number of rotatable bonds is 1. The number of nitrogens with zero attached hydrogens (tertiary/aromatic N) is 1. The van der Waals surface area contributed by atoms with Crippen LogP contribution in [0.15, 0.2) is 24.4 Å². The van der Waals surface area contributed by atoms with Crippen molar-refractivity contribution in [2.24, 2.45) is 5.92 Å². The van der Waals surface area contributed by atoms with Crippen LogP contribution in [-0.2, 0) is 0 Å². The molecule has 0 radical (unpaired) electrons. The normalized spacial score (nSPS) is 29.0. The van der Waals surface area contributed by atoms with E-state index in [0.717, 1.165) is 18.9 Å². The zero-order valence-corrected chi connectivity index (χ0v) is 9.17. The number of hydrogen-bond acceptors (Lipinski definition) is 2. The molecule has 3 heteroatoms. The van der Waals surface area contributed by atoms with E-state index in [1.807, 2.05) is 12.3 Å². The maximum Gasteiger partial charge on any atom is 0.129 e. The highest BCUT2D eigenvalue weighted by Gasteiger charge is 2.28. The van der Waals surface area contributed by atoms with Crippen molar-refractivity contribution in [1.82, 2.24) is 10.3 Å². The van der Waals surface area contributed by atoms with Gasteiger partial charge in [-0.15, -0.1) is 0 Å². The van der Waals surface area contributed by atoms with Crippen molar-refractivity contribution in [1.29, 1.82) is 0 Å². The molecule has 1 N–H and O–H groups in total. The van der Waals surface area contributed by atoms with Crippen LogP contribution in [0, 0.1) is 5.92 Å². The molecule has 1 fully saturated rings. The Kier molecular flexibility index (Phi) is 2.26. The van der Waals surface area contributed by atoms with Gasteiger partial charge >= 0.3 is 0 Å². The van der Waals surface area contributed by atoms with Crippen LogP contribution < -0.4 is 5.32 Å². The second-order valence-corrected chi connectivity index (χ2v) is 4.75. The van der Waals surface area contributed by atoms with Gasteiger partial charge in [0, 0.05) is 18.8 Å². The van der Waals surface area contributed by atoms with Crippen LogP contribution in [0.3, 0.4) is 0 Å². The van der Waals surface area contributed by atoms with Crippen LogP contribution >= 0.6 is 11.6 Å². The monoisotopic (exact) mass is 220 g/mol. The fourth-order valence-electron chi connectivity index (χ4n) is 2.53. The zero-order valence-electron chi connectivity index (χ0n) is 8.41. The molecule has 2 heterocycles. The summed E-state index contributed by atoms with van der Waals surface area (Å²) in [5.41, 5.74) is 2.64. The van der Waals surface area contributed by atoms with E-state index in [2.05, 4.69) is 22.4 Å². The molecule has 2 nitrogen and oxygen atoms in total. The molecule has 0 saturated carbocycles. The van der Waals surface area contributed by atoms with Crippen molar-refractivity contribution in [3.05, 3.63) is 35.1 Å². The van der Waals surface area contributed by atoms with Gasteiger partial charge in [-0.25, -0.2) is 4.98 Å². The average Bonchev–Trinajstić information content (AvgIpc) is 2.59. The Labute approximate surface area is 94.4 Å². The van der Waals surface area contributed by atoms with Gasteiger partial charge < -0.3 is 5.32 Å². The average molecular weight is 221 g/mol. The molecular formula is C12H13ClN2. The molecule has 0 aromatic carbocycles. The fourth-order valence-corrected chi connectivity index (χ4v) is 2.64. The number of nitrogens with one attached hydrogen (secondary N) is 1. The number of pyridine rings is 1. The Hall–Kier alpha value is -0.860. The predicted molar refractivity (Wildman–Crippen MR) is 61.7 cm³/mol. The van der Waals surface area contributed by atoms with Crippen LogP contribution in [0.1, 0.15) is 18.4 Å². The maximum atomic E-state index is 5.78. The van der Waals surface area contributed by atoms with E-state index in [-0.39, 0.29) is 0 Å². The quantitative estimate of drug-likeness (QED) is 0.736. The maximum absolute atomic E-state index is 5.78. The number of aromatic nitrogens is 1. The third-order valence-corrected chi connectivity index (χ3v) is 3.48. The highest BCUT2D eigenvalue weighted by molar-refractivity contribution is 6.29. The Bertz CT molecular complexity index is 397. The molecule has 2 atom stereocenters. The first-order valence-corrected chi connectivity index (χ1v) is 5.75. The van der Waals surface area contributed by atoms with E-state index in [1.165, 1.54) is 17.6 Å². The van der Waals surface area contributed by atoms with Gasteiger partial charge in [0.05, 0.1) is 0 Å². The Morgan fingerprint density at radius 3 is 3.07 bits per heavy atom. The minimum atomic E-state index is 0.566. The SMILES string of the molecule is Clc1ccc(C2=CC3CNC(C2)C3)cn1. The van der Waals surface area contributed by atoms with Crippen molar-refractivity contribution in [2.45, 2.75) is 18.9 Å². The smallest absolute Gasteiger partial charge is 0.129 e. The topological polar surface area (TPSA) is 24.9 Å². The number of fused-ring (bicyclic) bond motifs is 2. The highest BCUT2D eigenvalue weighted by atomic mass is 35.5. The molecule has 2 aliphatic rings. The number of halogens is 1. The van der Waals surface area contributed by atoms with Crippen LogP contribution in [0.4, 0.5) is 0 Å². The van der Waals surface area contributed by atoms with Gasteiger partial charge in [-0.05, 0) is 36.0 Å². The largest absolute Gasteiger partial charge is 0.313 e. The van der Waals surface area contributed by atoms with E-state index >= 15 is 0 Å². The van der Waals surface area contributed by atoms with E-state index in [9.17, 15) is 0 Å². The first kappa shape index (κ1) is 9.37. The van der Waals surface area contributed by atoms with Crippen molar-refractivity contribution < 1.29 is 0 Å². The van der Waals surface area contributed by atoms with E-state index < -0.39 is 0 Å². The Balaban J connectivity index is 1.91. The summed E-state index contributed by atoms with van der Waals surface area (Å²) in [7, 11) is 0. The van der Waals surface area contributed by atoms with Crippen LogP contribution in [-0.4, -0.2) is 17.6 Å². The van der Waals surface area contributed by atoms with E-state index in [1.54, 1.807) is 0 Å². The lowest BCUT2D eigenvalue weighted by molar-refractivity contribution is 0.596. The lowest BCUT2D eigenvalue weighted by Gasteiger charge is -2.18.